The van der Waals surface area contributed by atoms with Crippen LogP contribution in [0.1, 0.15) is 52.4 Å². The summed E-state index contributed by atoms with van der Waals surface area (Å²) in [6.07, 6.45) is -2.33. The van der Waals surface area contributed by atoms with E-state index in [2.05, 4.69) is 0 Å². The number of aromatic hydroxyl groups is 7. The van der Waals surface area contributed by atoms with E-state index < -0.39 is 24.2 Å². The molecule has 0 amide bonds. The van der Waals surface area contributed by atoms with Crippen molar-refractivity contribution in [3.8, 4) is 51.7 Å². The smallest absolute Gasteiger partial charge is 0.157 e. The molecule has 4 atom stereocenters. The number of hydrogen-bond donors (Lipinski definition) is 8. The van der Waals surface area contributed by atoms with Gasteiger partial charge in [-0.25, -0.2) is 0 Å². The maximum Gasteiger partial charge on any atom is 0.157 e. The molecule has 0 spiro atoms. The Hall–Kier alpha value is -4.96. The van der Waals surface area contributed by atoms with Gasteiger partial charge in [0.2, 0.25) is 0 Å². The second-order valence-corrected chi connectivity index (χ2v) is 10.1. The average Bonchev–Trinajstić information content (AvgIpc) is 2.93. The fraction of sp³-hybridized carbons (Fsp3) is 0.200. The van der Waals surface area contributed by atoms with Crippen molar-refractivity contribution in [3.05, 3.63) is 88.5 Å². The lowest BCUT2D eigenvalue weighted by molar-refractivity contribution is 0.0182. The van der Waals surface area contributed by atoms with Crippen LogP contribution in [0.4, 0.5) is 0 Å². The molecule has 2 aliphatic rings. The molecule has 0 saturated heterocycles. The number of ether oxygens (including phenoxy) is 2. The number of aliphatic hydroxyl groups is 1. The van der Waals surface area contributed by atoms with E-state index in [1.54, 1.807) is 12.1 Å². The summed E-state index contributed by atoms with van der Waals surface area (Å²) in [4.78, 5) is 0. The topological polar surface area (TPSA) is 180 Å². The van der Waals surface area contributed by atoms with Crippen LogP contribution < -0.4 is 9.47 Å². The molecule has 206 valence electrons. The van der Waals surface area contributed by atoms with E-state index in [1.807, 2.05) is 0 Å². The number of phenolic OH excluding ortho intramolecular Hbond substituents is 7. The molecule has 40 heavy (non-hydrogen) atoms. The highest BCUT2D eigenvalue weighted by molar-refractivity contribution is 5.63. The second kappa shape index (κ2) is 9.35. The third-order valence-corrected chi connectivity index (χ3v) is 7.54. The van der Waals surface area contributed by atoms with Crippen LogP contribution in [0, 0.1) is 0 Å². The van der Waals surface area contributed by atoms with Gasteiger partial charge in [-0.3, -0.25) is 0 Å². The molecule has 0 fully saturated rings. The summed E-state index contributed by atoms with van der Waals surface area (Å²) in [6.45, 7) is 0. The van der Waals surface area contributed by atoms with Crippen molar-refractivity contribution >= 4 is 0 Å². The minimum absolute atomic E-state index is 0.0609. The van der Waals surface area contributed by atoms with Crippen LogP contribution in [-0.4, -0.2) is 47.0 Å². The van der Waals surface area contributed by atoms with Crippen LogP contribution in [-0.2, 0) is 6.42 Å². The number of phenols is 7. The summed E-state index contributed by atoms with van der Waals surface area (Å²) in [5.41, 5.74) is 2.43. The summed E-state index contributed by atoms with van der Waals surface area (Å²) in [6, 6.07) is 14.2. The summed E-state index contributed by atoms with van der Waals surface area (Å²) in [7, 11) is 0. The Bertz CT molecular complexity index is 1630. The first-order valence-electron chi connectivity index (χ1n) is 12.6. The largest absolute Gasteiger partial charge is 0.507 e. The number of fused-ring (bicyclic) bond motifs is 3. The van der Waals surface area contributed by atoms with Crippen LogP contribution in [0.2, 0.25) is 0 Å². The van der Waals surface area contributed by atoms with E-state index >= 15 is 0 Å². The third kappa shape index (κ3) is 4.18. The van der Waals surface area contributed by atoms with Crippen LogP contribution in [0.15, 0.2) is 60.7 Å². The lowest BCUT2D eigenvalue weighted by Gasteiger charge is -2.38. The number of hydrogen-bond acceptors (Lipinski definition) is 10. The zero-order valence-corrected chi connectivity index (χ0v) is 20.9. The number of aliphatic hydroxyl groups excluding tert-OH is 1. The molecule has 0 aliphatic carbocycles. The van der Waals surface area contributed by atoms with E-state index in [1.165, 1.54) is 48.5 Å². The third-order valence-electron chi connectivity index (χ3n) is 7.54. The van der Waals surface area contributed by atoms with Gasteiger partial charge in [-0.2, -0.15) is 0 Å². The van der Waals surface area contributed by atoms with Gasteiger partial charge in [0, 0.05) is 29.5 Å². The lowest BCUT2D eigenvalue weighted by Crippen LogP contribution is -2.32. The first-order valence-corrected chi connectivity index (χ1v) is 12.6. The Morgan fingerprint density at radius 2 is 1.12 bits per heavy atom. The number of benzene rings is 4. The van der Waals surface area contributed by atoms with Crippen LogP contribution >= 0.6 is 0 Å². The maximum atomic E-state index is 11.2. The van der Waals surface area contributed by atoms with Gasteiger partial charge in [-0.15, -0.1) is 0 Å². The molecular weight excluding hydrogens is 520 g/mol. The minimum atomic E-state index is -1.08. The maximum absolute atomic E-state index is 11.2. The van der Waals surface area contributed by atoms with Gasteiger partial charge in [0.1, 0.15) is 29.5 Å². The summed E-state index contributed by atoms with van der Waals surface area (Å²) in [5.74, 6) is -2.10. The highest BCUT2D eigenvalue weighted by Gasteiger charge is 2.40. The molecular formula is C30H26O10. The molecule has 6 rings (SSSR count). The molecule has 10 heteroatoms. The van der Waals surface area contributed by atoms with Crippen molar-refractivity contribution in [1.82, 2.24) is 0 Å². The monoisotopic (exact) mass is 546 g/mol. The standard InChI is InChI=1S/C30H26O10/c31-18-4-1-13(7-21(18)34)16-11-26(14-2-5-19(32)22(35)8-14)39-30-17-10-25(38)29(15-3-6-20(33)23(36)9-15)40-27(17)12-24(37)28(16)30/h1-9,12,16,25-26,29,31-38H,10-11H2. The molecule has 10 nitrogen and oxygen atoms in total. The normalized spacial score (nSPS) is 21.5. The van der Waals surface area contributed by atoms with Gasteiger partial charge in [-0.05, 0) is 59.5 Å². The highest BCUT2D eigenvalue weighted by atomic mass is 16.5. The highest BCUT2D eigenvalue weighted by Crippen LogP contribution is 2.55. The molecule has 0 aromatic heterocycles. The second-order valence-electron chi connectivity index (χ2n) is 10.1. The lowest BCUT2D eigenvalue weighted by atomic mass is 9.79. The van der Waals surface area contributed by atoms with Gasteiger partial charge >= 0.3 is 0 Å². The van der Waals surface area contributed by atoms with Crippen LogP contribution in [0.25, 0.3) is 0 Å². The molecule has 2 aliphatic heterocycles. The fourth-order valence-corrected chi connectivity index (χ4v) is 5.52. The zero-order valence-electron chi connectivity index (χ0n) is 20.9. The molecule has 4 aromatic rings. The van der Waals surface area contributed by atoms with E-state index in [9.17, 15) is 40.9 Å². The van der Waals surface area contributed by atoms with Crippen molar-refractivity contribution in [2.45, 2.75) is 37.1 Å². The minimum Gasteiger partial charge on any atom is -0.507 e. The first-order chi connectivity index (χ1) is 19.1. The summed E-state index contributed by atoms with van der Waals surface area (Å²) in [5, 5.41) is 82.0. The molecule has 0 bridgehead atoms. The molecule has 0 saturated carbocycles. The van der Waals surface area contributed by atoms with Gasteiger partial charge in [0.15, 0.2) is 34.5 Å². The van der Waals surface area contributed by atoms with E-state index in [4.69, 9.17) is 9.47 Å². The van der Waals surface area contributed by atoms with Gasteiger partial charge < -0.3 is 50.3 Å². The molecule has 4 aromatic carbocycles. The predicted molar refractivity (Wildman–Crippen MR) is 140 cm³/mol. The predicted octanol–water partition coefficient (Wildman–Crippen LogP) is 4.32. The van der Waals surface area contributed by atoms with Gasteiger partial charge in [0.25, 0.3) is 0 Å². The Balaban J connectivity index is 1.48. The average molecular weight is 547 g/mol. The van der Waals surface area contributed by atoms with Crippen molar-refractivity contribution < 1.29 is 50.3 Å². The Morgan fingerprint density at radius 1 is 0.575 bits per heavy atom. The van der Waals surface area contributed by atoms with Crippen LogP contribution in [0.3, 0.4) is 0 Å². The summed E-state index contributed by atoms with van der Waals surface area (Å²) >= 11 is 0. The number of rotatable bonds is 3. The Kier molecular flexibility index (Phi) is 5.92. The summed E-state index contributed by atoms with van der Waals surface area (Å²) < 4.78 is 12.5. The van der Waals surface area contributed by atoms with E-state index in [0.717, 1.165) is 0 Å². The van der Waals surface area contributed by atoms with Crippen molar-refractivity contribution in [3.63, 3.8) is 0 Å². The van der Waals surface area contributed by atoms with Gasteiger partial charge in [-0.1, -0.05) is 18.2 Å². The molecule has 8 N–H and O–H groups in total. The van der Waals surface area contributed by atoms with Gasteiger partial charge in [0.05, 0.1) is 6.10 Å². The van der Waals surface area contributed by atoms with E-state index in [0.29, 0.717) is 27.8 Å². The van der Waals surface area contributed by atoms with Crippen molar-refractivity contribution in [2.24, 2.45) is 0 Å². The molecule has 4 unspecified atom stereocenters. The SMILES string of the molecule is Oc1ccc(C2CC(c3ccc(O)c(O)c3)c3c(O)cc4c(c3O2)CC(O)C(c2ccc(O)c(O)c2)O4)cc1O. The quantitative estimate of drug-likeness (QED) is 0.172. The van der Waals surface area contributed by atoms with Crippen molar-refractivity contribution in [1.29, 1.82) is 0 Å². The fourth-order valence-electron chi connectivity index (χ4n) is 5.52. The Labute approximate surface area is 227 Å². The zero-order chi connectivity index (χ0) is 28.3. The van der Waals surface area contributed by atoms with E-state index in [-0.39, 0.29) is 64.6 Å². The van der Waals surface area contributed by atoms with Crippen LogP contribution in [0.5, 0.6) is 51.7 Å². The van der Waals surface area contributed by atoms with Crippen molar-refractivity contribution in [2.75, 3.05) is 0 Å². The Morgan fingerprint density at radius 3 is 1.75 bits per heavy atom. The molecule has 2 heterocycles. The first kappa shape index (κ1) is 25.3. The molecule has 0 radical (unpaired) electrons.